The molecule has 0 bridgehead atoms. The molecule has 3 atom stereocenters. The Morgan fingerprint density at radius 1 is 0.970 bits per heavy atom. The molecule has 2 aliphatic carbocycles. The van der Waals surface area contributed by atoms with E-state index < -0.39 is 46.5 Å². The number of rotatable bonds is 4. The molecule has 1 nitrogen and oxygen atoms in total. The zero-order valence-corrected chi connectivity index (χ0v) is 17.9. The van der Waals surface area contributed by atoms with Crippen LogP contribution in [0.1, 0.15) is 56.1 Å². The van der Waals surface area contributed by atoms with Crippen molar-refractivity contribution in [1.29, 1.82) is 0 Å². The Hall–Kier alpha value is -2.51. The van der Waals surface area contributed by atoms with E-state index in [4.69, 9.17) is 0 Å². The minimum atomic E-state index is -5.31. The van der Waals surface area contributed by atoms with Crippen molar-refractivity contribution in [1.82, 2.24) is 0 Å². The average Bonchev–Trinajstić information content (AvgIpc) is 2.74. The lowest BCUT2D eigenvalue weighted by Gasteiger charge is -2.40. The highest BCUT2D eigenvalue weighted by molar-refractivity contribution is 5.68. The molecule has 0 radical (unpaired) electrons. The first-order chi connectivity index (χ1) is 15.6. The number of fused-ring (bicyclic) bond motifs is 3. The maximum atomic E-state index is 15.4. The Labute approximate surface area is 187 Å². The number of alkyl halides is 3. The van der Waals surface area contributed by atoms with E-state index in [9.17, 15) is 22.0 Å². The minimum Gasteiger partial charge on any atom is -0.399 e. The standard InChI is InChI=1S/C25H23F7O/c1-2-3-4-13-5-7-16-14(9-13)6-8-17-18(16)12-19(26)22(23(17)29)15-10-20(27)24(21(28)11-15)33-25(30,31)32/h3-4,10-14,16H,2,5-9H2,1H3/b4-3+. The van der Waals surface area contributed by atoms with Crippen molar-refractivity contribution in [3.05, 3.63) is 64.7 Å². The minimum absolute atomic E-state index is 0.00844. The zero-order chi connectivity index (χ0) is 23.9. The lowest BCUT2D eigenvalue weighted by Crippen LogP contribution is -2.28. The van der Waals surface area contributed by atoms with Crippen LogP contribution < -0.4 is 4.74 Å². The smallest absolute Gasteiger partial charge is 0.399 e. The van der Waals surface area contributed by atoms with Crippen LogP contribution in [0.25, 0.3) is 11.1 Å². The van der Waals surface area contributed by atoms with Crippen LogP contribution in [0.3, 0.4) is 0 Å². The number of benzene rings is 2. The highest BCUT2D eigenvalue weighted by Gasteiger charge is 2.38. The molecule has 2 aromatic carbocycles. The number of hydrogen-bond acceptors (Lipinski definition) is 1. The molecule has 8 heteroatoms. The van der Waals surface area contributed by atoms with Gasteiger partial charge >= 0.3 is 6.36 Å². The average molecular weight is 472 g/mol. The summed E-state index contributed by atoms with van der Waals surface area (Å²) in [6.07, 6.45) is 3.73. The third-order valence-corrected chi connectivity index (χ3v) is 6.69. The van der Waals surface area contributed by atoms with Gasteiger partial charge in [-0.05, 0) is 91.2 Å². The third kappa shape index (κ3) is 4.75. The predicted octanol–water partition coefficient (Wildman–Crippen LogP) is 8.22. The molecule has 1 saturated carbocycles. The van der Waals surface area contributed by atoms with Gasteiger partial charge in [-0.1, -0.05) is 19.1 Å². The lowest BCUT2D eigenvalue weighted by molar-refractivity contribution is -0.276. The van der Waals surface area contributed by atoms with Crippen molar-refractivity contribution in [3.63, 3.8) is 0 Å². The molecule has 0 heterocycles. The van der Waals surface area contributed by atoms with E-state index in [0.717, 1.165) is 32.1 Å². The fourth-order valence-corrected chi connectivity index (χ4v) is 5.31. The molecule has 2 aromatic rings. The maximum Gasteiger partial charge on any atom is 0.573 e. The van der Waals surface area contributed by atoms with Crippen molar-refractivity contribution in [2.24, 2.45) is 11.8 Å². The van der Waals surface area contributed by atoms with Gasteiger partial charge < -0.3 is 4.74 Å². The normalized spacial score (nSPS) is 22.8. The molecule has 0 spiro atoms. The van der Waals surface area contributed by atoms with E-state index in [1.54, 1.807) is 0 Å². The number of hydrogen-bond donors (Lipinski definition) is 0. The van der Waals surface area contributed by atoms with Crippen LogP contribution in [0, 0.1) is 35.1 Å². The van der Waals surface area contributed by atoms with Crippen LogP contribution in [0.5, 0.6) is 5.75 Å². The van der Waals surface area contributed by atoms with Gasteiger partial charge in [0.2, 0.25) is 5.75 Å². The summed E-state index contributed by atoms with van der Waals surface area (Å²) in [6, 6.07) is 2.13. The number of allylic oxidation sites excluding steroid dienone is 2. The van der Waals surface area contributed by atoms with Crippen molar-refractivity contribution in [3.8, 4) is 16.9 Å². The quantitative estimate of drug-likeness (QED) is 0.322. The Kier molecular flexibility index (Phi) is 6.47. The van der Waals surface area contributed by atoms with E-state index in [1.165, 1.54) is 6.07 Å². The van der Waals surface area contributed by atoms with Gasteiger partial charge in [-0.3, -0.25) is 0 Å². The molecule has 33 heavy (non-hydrogen) atoms. The molecule has 0 aliphatic heterocycles. The summed E-state index contributed by atoms with van der Waals surface area (Å²) in [5, 5.41) is 0. The third-order valence-electron chi connectivity index (χ3n) is 6.69. The highest BCUT2D eigenvalue weighted by Crippen LogP contribution is 2.49. The first kappa shape index (κ1) is 23.6. The largest absolute Gasteiger partial charge is 0.573 e. The molecule has 0 saturated heterocycles. The molecular weight excluding hydrogens is 449 g/mol. The molecule has 0 N–H and O–H groups in total. The summed E-state index contributed by atoms with van der Waals surface area (Å²) in [6.45, 7) is 2.07. The van der Waals surface area contributed by atoms with E-state index in [0.29, 0.717) is 41.5 Å². The van der Waals surface area contributed by atoms with Crippen LogP contribution in [-0.4, -0.2) is 6.36 Å². The van der Waals surface area contributed by atoms with E-state index >= 15 is 8.78 Å². The van der Waals surface area contributed by atoms with Crippen molar-refractivity contribution in [2.45, 2.75) is 57.7 Å². The van der Waals surface area contributed by atoms with Crippen LogP contribution in [0.15, 0.2) is 30.4 Å². The first-order valence-corrected chi connectivity index (χ1v) is 11.0. The summed E-state index contributed by atoms with van der Waals surface area (Å²) < 4.78 is 99.3. The van der Waals surface area contributed by atoms with Crippen LogP contribution >= 0.6 is 0 Å². The van der Waals surface area contributed by atoms with Gasteiger partial charge in [0.05, 0.1) is 5.56 Å². The number of ether oxygens (including phenoxy) is 1. The fourth-order valence-electron chi connectivity index (χ4n) is 5.31. The molecule has 178 valence electrons. The van der Waals surface area contributed by atoms with Crippen LogP contribution in [0.2, 0.25) is 0 Å². The molecule has 4 rings (SSSR count). The van der Waals surface area contributed by atoms with Gasteiger partial charge in [-0.15, -0.1) is 13.2 Å². The molecule has 2 aliphatic rings. The van der Waals surface area contributed by atoms with Crippen molar-refractivity contribution >= 4 is 0 Å². The van der Waals surface area contributed by atoms with Gasteiger partial charge in [-0.25, -0.2) is 17.6 Å². The monoisotopic (exact) mass is 472 g/mol. The Balaban J connectivity index is 1.69. The molecule has 0 amide bonds. The van der Waals surface area contributed by atoms with Gasteiger partial charge in [0.15, 0.2) is 11.6 Å². The summed E-state index contributed by atoms with van der Waals surface area (Å²) in [4.78, 5) is 0. The number of halogens is 7. The molecular formula is C25H23F7O. The molecule has 0 aromatic heterocycles. The SMILES string of the molecule is CC/C=C/C1CCC2c3cc(F)c(-c4cc(F)c(OC(F)(F)F)c(F)c4)c(F)c3CCC2C1. The Morgan fingerprint density at radius 2 is 1.67 bits per heavy atom. The van der Waals surface area contributed by atoms with Crippen molar-refractivity contribution < 1.29 is 35.5 Å². The van der Waals surface area contributed by atoms with Gasteiger partial charge in [0, 0.05) is 0 Å². The highest BCUT2D eigenvalue weighted by atomic mass is 19.4. The summed E-state index contributed by atoms with van der Waals surface area (Å²) in [7, 11) is 0. The Morgan fingerprint density at radius 3 is 2.30 bits per heavy atom. The van der Waals surface area contributed by atoms with E-state index in [-0.39, 0.29) is 5.92 Å². The van der Waals surface area contributed by atoms with Gasteiger partial charge in [0.25, 0.3) is 0 Å². The van der Waals surface area contributed by atoms with E-state index in [2.05, 4.69) is 23.8 Å². The topological polar surface area (TPSA) is 9.23 Å². The second-order valence-electron chi connectivity index (χ2n) is 8.75. The van der Waals surface area contributed by atoms with Crippen LogP contribution in [-0.2, 0) is 6.42 Å². The van der Waals surface area contributed by atoms with Crippen molar-refractivity contribution in [2.75, 3.05) is 0 Å². The summed E-state index contributed by atoms with van der Waals surface area (Å²) >= 11 is 0. The second kappa shape index (κ2) is 9.03. The maximum absolute atomic E-state index is 15.4. The predicted molar refractivity (Wildman–Crippen MR) is 110 cm³/mol. The zero-order valence-electron chi connectivity index (χ0n) is 17.9. The van der Waals surface area contributed by atoms with E-state index in [1.807, 2.05) is 0 Å². The molecule has 3 unspecified atom stereocenters. The van der Waals surface area contributed by atoms with Gasteiger partial charge in [-0.2, -0.15) is 0 Å². The second-order valence-corrected chi connectivity index (χ2v) is 8.75. The van der Waals surface area contributed by atoms with Gasteiger partial charge in [0.1, 0.15) is 11.6 Å². The van der Waals surface area contributed by atoms with Crippen LogP contribution in [0.4, 0.5) is 30.7 Å². The molecule has 1 fully saturated rings. The first-order valence-electron chi connectivity index (χ1n) is 11.0. The fraction of sp³-hybridized carbons (Fsp3) is 0.440. The summed E-state index contributed by atoms with van der Waals surface area (Å²) in [5.41, 5.74) is -0.275. The lowest BCUT2D eigenvalue weighted by atomic mass is 9.65. The Bertz CT molecular complexity index is 1050. The summed E-state index contributed by atoms with van der Waals surface area (Å²) in [5.74, 6) is -6.21.